The van der Waals surface area contributed by atoms with Crippen molar-refractivity contribution in [3.8, 4) is 0 Å². The fourth-order valence-corrected chi connectivity index (χ4v) is 10.5. The van der Waals surface area contributed by atoms with E-state index in [0.29, 0.717) is 47.0 Å². The number of carbonyl (C=O) groups is 2. The van der Waals surface area contributed by atoms with Crippen LogP contribution in [0.1, 0.15) is 75.1 Å². The normalized spacial score (nSPS) is 24.4. The van der Waals surface area contributed by atoms with Gasteiger partial charge in [0.05, 0.1) is 5.56 Å². The van der Waals surface area contributed by atoms with Gasteiger partial charge in [0.15, 0.2) is 0 Å². The van der Waals surface area contributed by atoms with Crippen molar-refractivity contribution in [1.82, 2.24) is 12.9 Å². The molecular formula is C31H39F3IN6O3-. The predicted molar refractivity (Wildman–Crippen MR) is 155 cm³/mol. The number of alkyl halides is 4. The smallest absolute Gasteiger partial charge is 0.166 e. The average Bonchev–Trinajstić information content (AvgIpc) is 3.49. The Morgan fingerprint density at radius 2 is 1.91 bits per heavy atom. The van der Waals surface area contributed by atoms with Crippen molar-refractivity contribution in [2.45, 2.75) is 81.5 Å². The van der Waals surface area contributed by atoms with E-state index < -0.39 is 44.7 Å². The van der Waals surface area contributed by atoms with E-state index in [-0.39, 0.29) is 27.6 Å². The molecular weight excluding hydrogens is 688 g/mol. The van der Waals surface area contributed by atoms with Gasteiger partial charge in [-0.05, 0) is 24.6 Å². The third kappa shape index (κ3) is 7.23. The van der Waals surface area contributed by atoms with Crippen molar-refractivity contribution < 1.29 is 49.0 Å². The maximum Gasteiger partial charge on any atom is 0.416 e. The van der Waals surface area contributed by atoms with E-state index in [0.717, 1.165) is 44.4 Å². The van der Waals surface area contributed by atoms with Crippen molar-refractivity contribution in [3.05, 3.63) is 64.1 Å². The van der Waals surface area contributed by atoms with Gasteiger partial charge < -0.3 is 0 Å². The number of amides is 2. The number of halogens is 4. The third-order valence-electron chi connectivity index (χ3n) is 8.23. The van der Waals surface area contributed by atoms with E-state index >= 15 is 0 Å². The van der Waals surface area contributed by atoms with Gasteiger partial charge in [-0.15, -0.1) is 0 Å². The van der Waals surface area contributed by atoms with Crippen LogP contribution in [0, 0.1) is 18.8 Å². The molecule has 1 aliphatic carbocycles. The summed E-state index contributed by atoms with van der Waals surface area (Å²) in [6, 6.07) is 3.91. The zero-order chi connectivity index (χ0) is 32.0. The topological polar surface area (TPSA) is 129 Å². The summed E-state index contributed by atoms with van der Waals surface area (Å²) >= 11 is -0.481. The summed E-state index contributed by atoms with van der Waals surface area (Å²) in [7, 11) is 0. The van der Waals surface area contributed by atoms with E-state index in [1.807, 2.05) is 23.9 Å². The first kappa shape index (κ1) is 32.3. The van der Waals surface area contributed by atoms with Gasteiger partial charge in [-0.3, -0.25) is 0 Å². The molecule has 1 aromatic heterocycles. The van der Waals surface area contributed by atoms with Crippen LogP contribution in [0.4, 0.5) is 18.0 Å². The van der Waals surface area contributed by atoms with Gasteiger partial charge in [0.25, 0.3) is 0 Å². The van der Waals surface area contributed by atoms with Gasteiger partial charge in [-0.1, -0.05) is 11.6 Å². The molecule has 44 heavy (non-hydrogen) atoms. The Morgan fingerprint density at radius 3 is 2.57 bits per heavy atom. The van der Waals surface area contributed by atoms with E-state index in [1.54, 1.807) is 19.2 Å². The molecule has 3 heterocycles. The molecule has 0 radical (unpaired) electrons. The van der Waals surface area contributed by atoms with E-state index in [2.05, 4.69) is 10.1 Å². The Labute approximate surface area is 265 Å². The first-order valence-corrected chi connectivity index (χ1v) is 16.8. The molecule has 2 amide bonds. The zero-order valence-electron chi connectivity index (χ0n) is 25.4. The van der Waals surface area contributed by atoms with Crippen LogP contribution in [-0.2, 0) is 22.3 Å². The predicted octanol–water partition coefficient (Wildman–Crippen LogP) is 1.95. The van der Waals surface area contributed by atoms with Crippen LogP contribution in [0.15, 0.2) is 46.9 Å². The minimum absolute atomic E-state index is 0.0641. The summed E-state index contributed by atoms with van der Waals surface area (Å²) in [4.78, 5) is 30.0. The number of aliphatic imine (C=N–C) groups is 1. The third-order valence-corrected chi connectivity index (χ3v) is 12.1. The molecule has 1 saturated carbocycles. The summed E-state index contributed by atoms with van der Waals surface area (Å²) in [5.41, 5.74) is 13.7. The Morgan fingerprint density at radius 1 is 1.18 bits per heavy atom. The molecule has 1 unspecified atom stereocenters. The number of aryl methyl sites for hydroxylation is 1. The first-order valence-electron chi connectivity index (χ1n) is 14.7. The largest absolute Gasteiger partial charge is 0.416 e. The minimum atomic E-state index is -4.44. The Kier molecular flexibility index (Phi) is 8.82. The standard InChI is InChI=1S/C31H39F3IN6O3/c1-18-9-19(12-23(10-18)31(32,33)34)16-40-17-22(15-39-40)26-24(27(37)42)25(36)21(5-7-38-26)11-20-13-30(14-20)6-8-41(35-30)28(43)44-29(2,3)4/h9-10,12,15,17,20-21H,5-8,11,13-14,16,36H2,1-4H3,(H2,37,42)/q-1. The number of ether oxygens (including phenoxy) is 1. The molecule has 1 aromatic carbocycles. The van der Waals surface area contributed by atoms with Gasteiger partial charge in [0, 0.05) is 0 Å². The number of carbonyl (C=O) groups excluding carboxylic acids is 2. The fraction of sp³-hybridized carbons (Fsp3) is 0.548. The number of benzene rings is 1. The van der Waals surface area contributed by atoms with Crippen molar-refractivity contribution in [3.63, 3.8) is 0 Å². The van der Waals surface area contributed by atoms with Crippen LogP contribution in [0.5, 0.6) is 0 Å². The van der Waals surface area contributed by atoms with Crippen molar-refractivity contribution >= 4 is 17.7 Å². The molecule has 4 N–H and O–H groups in total. The van der Waals surface area contributed by atoms with Crippen LogP contribution in [0.25, 0.3) is 0 Å². The van der Waals surface area contributed by atoms with Gasteiger partial charge in [-0.25, -0.2) is 0 Å². The van der Waals surface area contributed by atoms with Crippen molar-refractivity contribution in [2.75, 3.05) is 13.1 Å². The van der Waals surface area contributed by atoms with Crippen LogP contribution in [-0.4, -0.2) is 52.7 Å². The Hall–Kier alpha value is -3.10. The van der Waals surface area contributed by atoms with Crippen molar-refractivity contribution in [2.24, 2.45) is 28.3 Å². The van der Waals surface area contributed by atoms with E-state index in [1.165, 1.54) is 10.9 Å². The van der Waals surface area contributed by atoms with Crippen molar-refractivity contribution in [1.29, 1.82) is 0 Å². The van der Waals surface area contributed by atoms with Crippen LogP contribution >= 0.6 is 0 Å². The number of nitrogens with zero attached hydrogens (tertiary/aromatic N) is 4. The molecule has 2 aromatic rings. The van der Waals surface area contributed by atoms with Gasteiger partial charge in [0.2, 0.25) is 0 Å². The second-order valence-electron chi connectivity index (χ2n) is 13.1. The van der Waals surface area contributed by atoms with Gasteiger partial charge in [-0.2, -0.15) is 13.2 Å². The molecule has 0 bridgehead atoms. The second-order valence-corrected chi connectivity index (χ2v) is 17.0. The Bertz CT molecular complexity index is 1500. The summed E-state index contributed by atoms with van der Waals surface area (Å²) in [6.45, 7) is 8.56. The second kappa shape index (κ2) is 12.0. The molecule has 1 spiro atoms. The zero-order valence-corrected chi connectivity index (χ0v) is 27.5. The molecule has 240 valence electrons. The first-order chi connectivity index (χ1) is 20.5. The molecule has 3 aliphatic rings. The number of allylic oxidation sites excluding steroid dienone is 1. The average molecular weight is 728 g/mol. The number of nitrogens with two attached hydrogens (primary N) is 2. The summed E-state index contributed by atoms with van der Waals surface area (Å²) < 4.78 is 49.2. The van der Waals surface area contributed by atoms with E-state index in [4.69, 9.17) is 16.2 Å². The monoisotopic (exact) mass is 727 g/mol. The Balaban J connectivity index is 1.26. The number of rotatable bonds is 6. The molecule has 5 rings (SSSR count). The summed E-state index contributed by atoms with van der Waals surface area (Å²) in [5, 5.41) is 4.33. The van der Waals surface area contributed by atoms with Gasteiger partial charge >= 0.3 is 212 Å². The number of aromatic nitrogens is 2. The fourth-order valence-electron chi connectivity index (χ4n) is 6.38. The van der Waals surface area contributed by atoms with E-state index in [9.17, 15) is 22.8 Å². The van der Waals surface area contributed by atoms with Crippen LogP contribution in [0.2, 0.25) is 0 Å². The SMILES string of the molecule is Cc1cc(Cn2cc(C3=NCCC(CC4CC5(CCN(C(=O)OC(C)(C)C)[I-]5)C4)C(N)=C3C(N)=O)cn2)cc(C(F)(F)F)c1. The maximum absolute atomic E-state index is 13.3. The molecule has 2 fully saturated rings. The summed E-state index contributed by atoms with van der Waals surface area (Å²) in [6.07, 6.45) is 3.08. The molecule has 13 heteroatoms. The summed E-state index contributed by atoms with van der Waals surface area (Å²) in [5.74, 6) is -0.300. The number of hydrogen-bond donors (Lipinski definition) is 2. The molecule has 2 aliphatic heterocycles. The number of hydrogen-bond acceptors (Lipinski definition) is 6. The quantitative estimate of drug-likeness (QED) is 0.267. The minimum Gasteiger partial charge on any atom is -0.166 e. The molecule has 1 atom stereocenters. The van der Waals surface area contributed by atoms with Crippen LogP contribution in [0.3, 0.4) is 0 Å². The van der Waals surface area contributed by atoms with Crippen LogP contribution < -0.4 is 32.9 Å². The maximum atomic E-state index is 13.3. The molecule has 1 saturated heterocycles. The molecule has 9 nitrogen and oxygen atoms in total. The number of primary amides is 1. The van der Waals surface area contributed by atoms with Gasteiger partial charge in [0.1, 0.15) is 0 Å².